The largest absolute Gasteiger partial charge is 0.378 e. The van der Waals surface area contributed by atoms with Gasteiger partial charge >= 0.3 is 11.2 Å². The first-order valence-electron chi connectivity index (χ1n) is 7.03. The van der Waals surface area contributed by atoms with Gasteiger partial charge in [-0.3, -0.25) is 20.0 Å². The van der Waals surface area contributed by atoms with Gasteiger partial charge in [-0.1, -0.05) is 18.2 Å². The molecule has 0 spiro atoms. The van der Waals surface area contributed by atoms with Gasteiger partial charge in [-0.2, -0.15) is 4.52 Å². The Hall–Kier alpha value is -3.49. The molecule has 0 aliphatic carbocycles. The standard InChI is InChI=1S/C15H14N6O3/c1-19(2)11-6-3-10(4-7-11)5-8-12-13(21(23)24)14(22)20-15(18-12)16-9-17-20/h3-9H,1-2H3,(H,16,17,18)/b8-5+. The van der Waals surface area contributed by atoms with Crippen LogP contribution in [0.4, 0.5) is 11.4 Å². The van der Waals surface area contributed by atoms with E-state index in [0.29, 0.717) is 0 Å². The smallest absolute Gasteiger partial charge is 0.361 e. The van der Waals surface area contributed by atoms with E-state index in [0.717, 1.165) is 15.8 Å². The molecule has 2 aromatic heterocycles. The Kier molecular flexibility index (Phi) is 3.82. The number of fused-ring (bicyclic) bond motifs is 1. The van der Waals surface area contributed by atoms with E-state index in [1.54, 1.807) is 6.08 Å². The molecule has 0 saturated carbocycles. The third-order valence-corrected chi connectivity index (χ3v) is 3.46. The third-order valence-electron chi connectivity index (χ3n) is 3.46. The molecule has 0 saturated heterocycles. The van der Waals surface area contributed by atoms with Gasteiger partial charge in [0.2, 0.25) is 0 Å². The van der Waals surface area contributed by atoms with Crippen LogP contribution in [0.5, 0.6) is 0 Å². The molecule has 0 amide bonds. The van der Waals surface area contributed by atoms with Crippen molar-refractivity contribution in [1.29, 1.82) is 0 Å². The van der Waals surface area contributed by atoms with Crippen molar-refractivity contribution < 1.29 is 4.92 Å². The molecule has 1 N–H and O–H groups in total. The maximum atomic E-state index is 12.2. The highest BCUT2D eigenvalue weighted by atomic mass is 16.6. The summed E-state index contributed by atoms with van der Waals surface area (Å²) in [6, 6.07) is 7.59. The number of nitro groups is 1. The summed E-state index contributed by atoms with van der Waals surface area (Å²) in [4.78, 5) is 32.5. The lowest BCUT2D eigenvalue weighted by molar-refractivity contribution is -0.386. The minimum Gasteiger partial charge on any atom is -0.378 e. The number of aromatic nitrogens is 4. The number of hydrogen-bond acceptors (Lipinski definition) is 6. The molecule has 9 nitrogen and oxygen atoms in total. The Labute approximate surface area is 136 Å². The van der Waals surface area contributed by atoms with Gasteiger partial charge in [-0.25, -0.2) is 9.97 Å². The molecule has 0 fully saturated rings. The van der Waals surface area contributed by atoms with Crippen LogP contribution in [0.25, 0.3) is 17.9 Å². The molecule has 0 unspecified atom stereocenters. The van der Waals surface area contributed by atoms with Crippen LogP contribution >= 0.6 is 0 Å². The average Bonchev–Trinajstić information content (AvgIpc) is 3.01. The number of aromatic amines is 1. The molecule has 3 rings (SSSR count). The van der Waals surface area contributed by atoms with Crippen molar-refractivity contribution in [2.24, 2.45) is 0 Å². The van der Waals surface area contributed by atoms with Crippen LogP contribution < -0.4 is 10.5 Å². The molecule has 24 heavy (non-hydrogen) atoms. The van der Waals surface area contributed by atoms with E-state index in [2.05, 4.69) is 15.1 Å². The number of nitrogens with one attached hydrogen (secondary N) is 1. The highest BCUT2D eigenvalue weighted by Crippen LogP contribution is 2.17. The summed E-state index contributed by atoms with van der Waals surface area (Å²) in [5.74, 6) is 0.0770. The van der Waals surface area contributed by atoms with Crippen LogP contribution in [-0.4, -0.2) is 38.6 Å². The van der Waals surface area contributed by atoms with E-state index in [-0.39, 0.29) is 11.5 Å². The minimum absolute atomic E-state index is 0.0335. The van der Waals surface area contributed by atoms with Crippen molar-refractivity contribution in [1.82, 2.24) is 19.6 Å². The van der Waals surface area contributed by atoms with Crippen molar-refractivity contribution >= 4 is 29.3 Å². The first-order valence-corrected chi connectivity index (χ1v) is 7.03. The number of H-pyrrole nitrogens is 1. The first-order chi connectivity index (χ1) is 11.5. The van der Waals surface area contributed by atoms with Gasteiger partial charge in [0.15, 0.2) is 5.69 Å². The van der Waals surface area contributed by atoms with E-state index in [1.807, 2.05) is 43.3 Å². The maximum Gasteiger partial charge on any atom is 0.361 e. The predicted octanol–water partition coefficient (Wildman–Crippen LogP) is 1.56. The number of benzene rings is 1. The van der Waals surface area contributed by atoms with E-state index in [1.165, 1.54) is 12.4 Å². The van der Waals surface area contributed by atoms with Crippen LogP contribution in [0.3, 0.4) is 0 Å². The summed E-state index contributed by atoms with van der Waals surface area (Å²) in [5, 5.41) is 13.7. The second kappa shape index (κ2) is 5.95. The summed E-state index contributed by atoms with van der Waals surface area (Å²) in [6.45, 7) is 0. The van der Waals surface area contributed by atoms with Crippen molar-refractivity contribution in [3.63, 3.8) is 0 Å². The van der Waals surface area contributed by atoms with Gasteiger partial charge in [0.1, 0.15) is 6.33 Å². The fraction of sp³-hybridized carbons (Fsp3) is 0.133. The Morgan fingerprint density at radius 2 is 1.96 bits per heavy atom. The molecule has 3 aromatic rings. The van der Waals surface area contributed by atoms with Gasteiger partial charge in [-0.05, 0) is 23.8 Å². The van der Waals surface area contributed by atoms with Crippen molar-refractivity contribution in [3.8, 4) is 0 Å². The van der Waals surface area contributed by atoms with Gasteiger partial charge < -0.3 is 4.90 Å². The minimum atomic E-state index is -0.801. The van der Waals surface area contributed by atoms with Crippen LogP contribution in [0.2, 0.25) is 0 Å². The molecule has 1 aromatic carbocycles. The molecule has 0 radical (unpaired) electrons. The fourth-order valence-corrected chi connectivity index (χ4v) is 2.21. The lowest BCUT2D eigenvalue weighted by Gasteiger charge is -2.11. The summed E-state index contributed by atoms with van der Waals surface area (Å²) in [6.07, 6.45) is 4.36. The number of rotatable bonds is 4. The van der Waals surface area contributed by atoms with Gasteiger partial charge in [0.25, 0.3) is 5.78 Å². The summed E-state index contributed by atoms with van der Waals surface area (Å²) >= 11 is 0. The average molecular weight is 326 g/mol. The van der Waals surface area contributed by atoms with Crippen molar-refractivity contribution in [3.05, 3.63) is 62.3 Å². The Morgan fingerprint density at radius 3 is 2.58 bits per heavy atom. The molecule has 2 heterocycles. The normalized spacial score (nSPS) is 11.2. The van der Waals surface area contributed by atoms with Gasteiger partial charge in [-0.15, -0.1) is 0 Å². The monoisotopic (exact) mass is 326 g/mol. The van der Waals surface area contributed by atoms with Crippen LogP contribution in [0, 0.1) is 10.1 Å². The third kappa shape index (κ3) is 2.74. The zero-order valence-electron chi connectivity index (χ0n) is 13.0. The van der Waals surface area contributed by atoms with Gasteiger partial charge in [0.05, 0.1) is 4.92 Å². The van der Waals surface area contributed by atoms with E-state index in [4.69, 9.17) is 0 Å². The Bertz CT molecular complexity index is 985. The molecule has 0 aliphatic rings. The summed E-state index contributed by atoms with van der Waals surface area (Å²) in [5.41, 5.74) is 0.433. The predicted molar refractivity (Wildman–Crippen MR) is 90.0 cm³/mol. The Morgan fingerprint density at radius 1 is 1.25 bits per heavy atom. The zero-order valence-corrected chi connectivity index (χ0v) is 13.0. The highest BCUT2D eigenvalue weighted by molar-refractivity contribution is 5.73. The van der Waals surface area contributed by atoms with Crippen LogP contribution in [-0.2, 0) is 0 Å². The molecule has 0 aliphatic heterocycles. The van der Waals surface area contributed by atoms with E-state index < -0.39 is 16.2 Å². The maximum absolute atomic E-state index is 12.2. The topological polar surface area (TPSA) is 109 Å². The van der Waals surface area contributed by atoms with Crippen LogP contribution in [0.15, 0.2) is 35.4 Å². The van der Waals surface area contributed by atoms with Crippen molar-refractivity contribution in [2.45, 2.75) is 0 Å². The summed E-state index contributed by atoms with van der Waals surface area (Å²) in [7, 11) is 3.87. The molecule has 9 heteroatoms. The molecular formula is C15H14N6O3. The van der Waals surface area contributed by atoms with E-state index >= 15 is 0 Å². The second-order valence-corrected chi connectivity index (χ2v) is 5.25. The highest BCUT2D eigenvalue weighted by Gasteiger charge is 2.22. The zero-order chi connectivity index (χ0) is 17.3. The SMILES string of the molecule is CN(C)c1ccc(/C=C/c2nc3nc[nH]n3c(=O)c2[N+](=O)[O-])cc1. The molecule has 0 atom stereocenters. The quantitative estimate of drug-likeness (QED) is 0.575. The molecular weight excluding hydrogens is 312 g/mol. The number of hydrogen-bond donors (Lipinski definition) is 1. The first kappa shape index (κ1) is 15.4. The molecule has 122 valence electrons. The molecule has 0 bridgehead atoms. The number of anilines is 1. The number of nitrogens with zero attached hydrogens (tertiary/aromatic N) is 5. The second-order valence-electron chi connectivity index (χ2n) is 5.25. The lowest BCUT2D eigenvalue weighted by atomic mass is 10.1. The lowest BCUT2D eigenvalue weighted by Crippen LogP contribution is -2.20. The fourth-order valence-electron chi connectivity index (χ4n) is 2.21. The van der Waals surface area contributed by atoms with E-state index in [9.17, 15) is 14.9 Å². The Balaban J connectivity index is 2.04. The van der Waals surface area contributed by atoms with Crippen LogP contribution in [0.1, 0.15) is 11.3 Å². The summed E-state index contributed by atoms with van der Waals surface area (Å²) < 4.78 is 0.932. The van der Waals surface area contributed by atoms with Crippen molar-refractivity contribution in [2.75, 3.05) is 19.0 Å². The van der Waals surface area contributed by atoms with Gasteiger partial charge in [0, 0.05) is 19.8 Å².